The van der Waals surface area contributed by atoms with E-state index in [1.807, 2.05) is 17.0 Å². The number of nitrogens with zero attached hydrogens (tertiary/aromatic N) is 3. The number of aromatic nitrogens is 2. The molecule has 3 aromatic rings. The van der Waals surface area contributed by atoms with Crippen molar-refractivity contribution in [1.82, 2.24) is 9.97 Å². The quantitative estimate of drug-likeness (QED) is 0.425. The molecule has 2 aromatic carbocycles. The van der Waals surface area contributed by atoms with Crippen molar-refractivity contribution in [2.75, 3.05) is 29.1 Å². The molecule has 0 radical (unpaired) electrons. The molecule has 0 fully saturated rings. The number of rotatable bonds is 6. The molecule has 192 valence electrons. The summed E-state index contributed by atoms with van der Waals surface area (Å²) in [7, 11) is -3.65. The van der Waals surface area contributed by atoms with Gasteiger partial charge >= 0.3 is 5.97 Å². The van der Waals surface area contributed by atoms with Gasteiger partial charge in [-0.25, -0.2) is 17.8 Å². The molecule has 1 aromatic heterocycles. The fourth-order valence-corrected chi connectivity index (χ4v) is 6.48. The average molecular weight is 587 g/mol. The van der Waals surface area contributed by atoms with Crippen LogP contribution in [0.25, 0.3) is 5.57 Å². The zero-order valence-corrected chi connectivity index (χ0v) is 22.1. The minimum Gasteiger partial charge on any atom is -0.481 e. The van der Waals surface area contributed by atoms with Gasteiger partial charge in [0.25, 0.3) is 0 Å². The maximum Gasteiger partial charge on any atom is 0.307 e. The second-order valence-electron chi connectivity index (χ2n) is 9.01. The number of hydrogen-bond acceptors (Lipinski definition) is 7. The van der Waals surface area contributed by atoms with Crippen molar-refractivity contribution in [2.45, 2.75) is 30.6 Å². The van der Waals surface area contributed by atoms with E-state index in [4.69, 9.17) is 5.11 Å². The summed E-state index contributed by atoms with van der Waals surface area (Å²) in [5.74, 6) is -1.37. The van der Waals surface area contributed by atoms with Crippen molar-refractivity contribution in [3.63, 3.8) is 0 Å². The number of fused-ring (bicyclic) bond motifs is 1. The Labute approximate surface area is 222 Å². The Morgan fingerprint density at radius 3 is 2.59 bits per heavy atom. The number of carboxylic acids is 1. The smallest absolute Gasteiger partial charge is 0.307 e. The molecule has 0 amide bonds. The zero-order valence-electron chi connectivity index (χ0n) is 19.7. The SMILES string of the molecule is O=C(O)Cc1ccc(Nc2nc(N3CC=C(c4ccc(Br)cc4)CC3)nc3c2S(=O)(=O)CCC3)c(F)c1. The van der Waals surface area contributed by atoms with Gasteiger partial charge in [-0.1, -0.05) is 40.2 Å². The zero-order chi connectivity index (χ0) is 26.2. The molecular weight excluding hydrogens is 563 g/mol. The number of anilines is 3. The van der Waals surface area contributed by atoms with Gasteiger partial charge in [0.05, 0.1) is 23.6 Å². The van der Waals surface area contributed by atoms with E-state index in [2.05, 4.69) is 49.4 Å². The highest BCUT2D eigenvalue weighted by Crippen LogP contribution is 2.35. The lowest BCUT2D eigenvalue weighted by Gasteiger charge is -2.29. The minimum atomic E-state index is -3.65. The first-order valence-corrected chi connectivity index (χ1v) is 14.2. The van der Waals surface area contributed by atoms with Gasteiger partial charge in [-0.3, -0.25) is 4.79 Å². The van der Waals surface area contributed by atoms with Crippen LogP contribution in [-0.2, 0) is 27.5 Å². The van der Waals surface area contributed by atoms with Gasteiger partial charge in [0.15, 0.2) is 15.7 Å². The highest BCUT2D eigenvalue weighted by atomic mass is 79.9. The number of hydrogen-bond donors (Lipinski definition) is 2. The normalized spacial score (nSPS) is 16.6. The van der Waals surface area contributed by atoms with Crippen molar-refractivity contribution in [2.24, 2.45) is 0 Å². The standard InChI is InChI=1S/C26H24BrFN4O4S/c27-19-6-4-17(5-7-19)18-9-11-32(12-10-18)26-30-22-2-1-13-37(35,36)24(22)25(31-26)29-21-8-3-16(14-20(21)28)15-23(33)34/h3-9,14H,1-2,10-13,15H2,(H,33,34)(H,29,30,31). The van der Waals surface area contributed by atoms with Gasteiger partial charge in [-0.2, -0.15) is 4.98 Å². The molecule has 37 heavy (non-hydrogen) atoms. The summed E-state index contributed by atoms with van der Waals surface area (Å²) in [6.45, 7) is 1.19. The summed E-state index contributed by atoms with van der Waals surface area (Å²) < 4.78 is 41.7. The first kappa shape index (κ1) is 25.3. The van der Waals surface area contributed by atoms with Crippen molar-refractivity contribution >= 4 is 54.8 Å². The molecule has 0 atom stereocenters. The average Bonchev–Trinajstić information content (AvgIpc) is 2.85. The van der Waals surface area contributed by atoms with Gasteiger partial charge in [-0.05, 0) is 60.2 Å². The molecule has 0 saturated heterocycles. The summed E-state index contributed by atoms with van der Waals surface area (Å²) in [5.41, 5.74) is 3.09. The molecule has 3 heterocycles. The van der Waals surface area contributed by atoms with Crippen molar-refractivity contribution in [3.05, 3.63) is 75.7 Å². The van der Waals surface area contributed by atoms with Gasteiger partial charge in [0.2, 0.25) is 5.95 Å². The number of carboxylic acid groups (broad SMARTS) is 1. The van der Waals surface area contributed by atoms with E-state index in [9.17, 15) is 17.6 Å². The molecule has 5 rings (SSSR count). The highest BCUT2D eigenvalue weighted by Gasteiger charge is 2.31. The number of carbonyl (C=O) groups is 1. The molecule has 0 aliphatic carbocycles. The van der Waals surface area contributed by atoms with Crippen LogP contribution in [0.5, 0.6) is 0 Å². The molecule has 2 N–H and O–H groups in total. The van der Waals surface area contributed by atoms with Crippen molar-refractivity contribution in [1.29, 1.82) is 0 Å². The van der Waals surface area contributed by atoms with E-state index in [1.54, 1.807) is 0 Å². The Balaban J connectivity index is 1.48. The van der Waals surface area contributed by atoms with E-state index in [-0.39, 0.29) is 28.6 Å². The fraction of sp³-hybridized carbons (Fsp3) is 0.269. The summed E-state index contributed by atoms with van der Waals surface area (Å²) in [6.07, 6.45) is 3.50. The summed E-state index contributed by atoms with van der Waals surface area (Å²) in [4.78, 5) is 22.1. The maximum absolute atomic E-state index is 14.8. The number of sulfone groups is 1. The third-order valence-electron chi connectivity index (χ3n) is 6.41. The Morgan fingerprint density at radius 1 is 1.14 bits per heavy atom. The van der Waals surface area contributed by atoms with Gasteiger partial charge in [0, 0.05) is 17.6 Å². The fourth-order valence-electron chi connectivity index (χ4n) is 4.59. The van der Waals surface area contributed by atoms with E-state index in [0.717, 1.165) is 22.5 Å². The van der Waals surface area contributed by atoms with Crippen molar-refractivity contribution in [3.8, 4) is 0 Å². The lowest BCUT2D eigenvalue weighted by atomic mass is 10.00. The number of nitrogens with one attached hydrogen (secondary N) is 1. The van der Waals surface area contributed by atoms with Crippen LogP contribution >= 0.6 is 15.9 Å². The molecule has 0 saturated carbocycles. The monoisotopic (exact) mass is 586 g/mol. The molecule has 2 aliphatic heterocycles. The van der Waals surface area contributed by atoms with Crippen LogP contribution in [-0.4, -0.2) is 48.3 Å². The van der Waals surface area contributed by atoms with Crippen LogP contribution in [0.3, 0.4) is 0 Å². The molecule has 8 nitrogen and oxygen atoms in total. The third-order valence-corrected chi connectivity index (χ3v) is 8.82. The number of benzene rings is 2. The van der Waals surface area contributed by atoms with Gasteiger partial charge in [0.1, 0.15) is 10.7 Å². The number of halogens is 2. The number of aliphatic carboxylic acids is 1. The molecule has 0 unspecified atom stereocenters. The summed E-state index contributed by atoms with van der Waals surface area (Å²) in [5, 5.41) is 11.8. The second-order valence-corrected chi connectivity index (χ2v) is 12.0. The second kappa shape index (κ2) is 10.2. The highest BCUT2D eigenvalue weighted by molar-refractivity contribution is 9.10. The van der Waals surface area contributed by atoms with E-state index < -0.39 is 21.6 Å². The predicted octanol–water partition coefficient (Wildman–Crippen LogP) is 4.76. The van der Waals surface area contributed by atoms with Crippen LogP contribution in [0, 0.1) is 5.82 Å². The number of aryl methyl sites for hydroxylation is 1. The van der Waals surface area contributed by atoms with Crippen LogP contribution in [0.4, 0.5) is 21.8 Å². The lowest BCUT2D eigenvalue weighted by molar-refractivity contribution is -0.136. The summed E-state index contributed by atoms with van der Waals surface area (Å²) in [6, 6.07) is 12.1. The first-order valence-electron chi connectivity index (χ1n) is 11.8. The van der Waals surface area contributed by atoms with Gasteiger partial charge in [-0.15, -0.1) is 0 Å². The van der Waals surface area contributed by atoms with Crippen LogP contribution in [0.2, 0.25) is 0 Å². The van der Waals surface area contributed by atoms with Crippen LogP contribution in [0.15, 0.2) is 57.9 Å². The van der Waals surface area contributed by atoms with Crippen molar-refractivity contribution < 1.29 is 22.7 Å². The summed E-state index contributed by atoms with van der Waals surface area (Å²) >= 11 is 3.46. The third kappa shape index (κ3) is 5.52. The van der Waals surface area contributed by atoms with E-state index in [0.29, 0.717) is 43.1 Å². The first-order chi connectivity index (χ1) is 17.7. The lowest BCUT2D eigenvalue weighted by Crippen LogP contribution is -2.31. The van der Waals surface area contributed by atoms with Crippen LogP contribution in [0.1, 0.15) is 29.7 Å². The molecular formula is C26H24BrFN4O4S. The molecule has 11 heteroatoms. The Bertz CT molecular complexity index is 1510. The van der Waals surface area contributed by atoms with Crippen LogP contribution < -0.4 is 10.2 Å². The largest absolute Gasteiger partial charge is 0.481 e. The minimum absolute atomic E-state index is 0.000356. The van der Waals surface area contributed by atoms with E-state index >= 15 is 0 Å². The Kier molecular flexibility index (Phi) is 7.00. The van der Waals surface area contributed by atoms with Gasteiger partial charge < -0.3 is 15.3 Å². The molecule has 0 bridgehead atoms. The van der Waals surface area contributed by atoms with E-state index in [1.165, 1.54) is 17.7 Å². The Hall–Kier alpha value is -3.31. The molecule has 2 aliphatic rings. The maximum atomic E-state index is 14.8. The Morgan fingerprint density at radius 2 is 1.92 bits per heavy atom. The molecule has 0 spiro atoms. The topological polar surface area (TPSA) is 112 Å². The predicted molar refractivity (Wildman–Crippen MR) is 142 cm³/mol.